The maximum atomic E-state index is 12.8. The molecular formula is C18H20N2O3. The van der Waals surface area contributed by atoms with E-state index in [-0.39, 0.29) is 17.6 Å². The van der Waals surface area contributed by atoms with Crippen LogP contribution in [0.2, 0.25) is 0 Å². The maximum Gasteiger partial charge on any atom is 0.290 e. The lowest BCUT2D eigenvalue weighted by molar-refractivity contribution is -0.124. The molecule has 5 heteroatoms. The lowest BCUT2D eigenvalue weighted by atomic mass is 10.0. The number of carbonyl (C=O) groups is 2. The third-order valence-electron chi connectivity index (χ3n) is 4.52. The minimum absolute atomic E-state index is 0.0649. The zero-order chi connectivity index (χ0) is 16.6. The van der Waals surface area contributed by atoms with Gasteiger partial charge in [0.1, 0.15) is 6.04 Å². The van der Waals surface area contributed by atoms with Gasteiger partial charge in [-0.05, 0) is 50.1 Å². The van der Waals surface area contributed by atoms with Gasteiger partial charge in [-0.15, -0.1) is 0 Å². The second-order valence-corrected chi connectivity index (χ2v) is 5.86. The Bertz CT molecular complexity index is 737. The number of hydrogen-bond donors (Lipinski definition) is 0. The standard InChI is InChI=1S/C18H20N2O3/c1-12-6-4-7-15(13(12)2)20-10-9-19(14(3)17(20)21)18(22)16-8-5-11-23-16/h4-8,11,14H,9-10H2,1-3H3. The van der Waals surface area contributed by atoms with Gasteiger partial charge in [-0.2, -0.15) is 0 Å². The van der Waals surface area contributed by atoms with Gasteiger partial charge >= 0.3 is 0 Å². The fourth-order valence-electron chi connectivity index (χ4n) is 2.96. The first-order valence-electron chi connectivity index (χ1n) is 7.72. The lowest BCUT2D eigenvalue weighted by Crippen LogP contribution is -2.57. The van der Waals surface area contributed by atoms with Crippen LogP contribution in [-0.4, -0.2) is 35.8 Å². The predicted molar refractivity (Wildman–Crippen MR) is 87.5 cm³/mol. The van der Waals surface area contributed by atoms with Crippen molar-refractivity contribution >= 4 is 17.5 Å². The average Bonchev–Trinajstić information content (AvgIpc) is 3.07. The van der Waals surface area contributed by atoms with E-state index in [9.17, 15) is 9.59 Å². The highest BCUT2D eigenvalue weighted by Gasteiger charge is 2.36. The summed E-state index contributed by atoms with van der Waals surface area (Å²) in [5.74, 6) is -0.0360. The number of piperazine rings is 1. The van der Waals surface area contributed by atoms with Gasteiger partial charge in [-0.3, -0.25) is 9.59 Å². The van der Waals surface area contributed by atoms with E-state index in [1.165, 1.54) is 6.26 Å². The maximum absolute atomic E-state index is 12.8. The Balaban J connectivity index is 1.84. The Morgan fingerprint density at radius 1 is 1.17 bits per heavy atom. The van der Waals surface area contributed by atoms with Crippen LogP contribution >= 0.6 is 0 Å². The number of benzene rings is 1. The molecule has 1 saturated heterocycles. The van der Waals surface area contributed by atoms with Crippen molar-refractivity contribution in [2.45, 2.75) is 26.8 Å². The van der Waals surface area contributed by atoms with Crippen molar-refractivity contribution in [3.05, 3.63) is 53.5 Å². The van der Waals surface area contributed by atoms with Crippen molar-refractivity contribution in [3.8, 4) is 0 Å². The molecule has 2 heterocycles. The van der Waals surface area contributed by atoms with E-state index in [1.807, 2.05) is 32.0 Å². The zero-order valence-electron chi connectivity index (χ0n) is 13.6. The van der Waals surface area contributed by atoms with Crippen LogP contribution in [0.5, 0.6) is 0 Å². The fraction of sp³-hybridized carbons (Fsp3) is 0.333. The van der Waals surface area contributed by atoms with Gasteiger partial charge in [0.15, 0.2) is 5.76 Å². The molecule has 3 rings (SSSR count). The number of amides is 2. The smallest absolute Gasteiger partial charge is 0.290 e. The number of anilines is 1. The molecule has 1 unspecified atom stereocenters. The van der Waals surface area contributed by atoms with Gasteiger partial charge in [0, 0.05) is 18.8 Å². The molecule has 1 aromatic heterocycles. The summed E-state index contributed by atoms with van der Waals surface area (Å²) in [5, 5.41) is 0. The number of aryl methyl sites for hydroxylation is 1. The summed E-state index contributed by atoms with van der Waals surface area (Å²) in [7, 11) is 0. The van der Waals surface area contributed by atoms with Gasteiger partial charge in [0.05, 0.1) is 6.26 Å². The molecule has 0 radical (unpaired) electrons. The van der Waals surface area contributed by atoms with E-state index in [0.29, 0.717) is 13.1 Å². The molecule has 2 aromatic rings. The minimum Gasteiger partial charge on any atom is -0.459 e. The molecule has 0 spiro atoms. The molecule has 1 aliphatic heterocycles. The van der Waals surface area contributed by atoms with E-state index in [2.05, 4.69) is 0 Å². The first kappa shape index (κ1) is 15.3. The van der Waals surface area contributed by atoms with Crippen molar-refractivity contribution in [2.24, 2.45) is 0 Å². The summed E-state index contributed by atoms with van der Waals surface area (Å²) in [6, 6.07) is 8.72. The number of hydrogen-bond acceptors (Lipinski definition) is 3. The molecule has 0 aliphatic carbocycles. The Labute approximate surface area is 135 Å². The van der Waals surface area contributed by atoms with Crippen molar-refractivity contribution in [1.82, 2.24) is 4.90 Å². The first-order valence-corrected chi connectivity index (χ1v) is 7.72. The Morgan fingerprint density at radius 2 is 1.96 bits per heavy atom. The Hall–Kier alpha value is -2.56. The van der Waals surface area contributed by atoms with E-state index in [1.54, 1.807) is 28.9 Å². The summed E-state index contributed by atoms with van der Waals surface area (Å²) in [6.45, 7) is 6.78. The number of rotatable bonds is 2. The van der Waals surface area contributed by atoms with Crippen LogP contribution in [0.4, 0.5) is 5.69 Å². The van der Waals surface area contributed by atoms with E-state index in [0.717, 1.165) is 16.8 Å². The highest BCUT2D eigenvalue weighted by Crippen LogP contribution is 2.26. The van der Waals surface area contributed by atoms with E-state index in [4.69, 9.17) is 4.42 Å². The molecule has 120 valence electrons. The van der Waals surface area contributed by atoms with Gasteiger partial charge < -0.3 is 14.2 Å². The average molecular weight is 312 g/mol. The van der Waals surface area contributed by atoms with Crippen LogP contribution in [0.3, 0.4) is 0 Å². The van der Waals surface area contributed by atoms with Crippen molar-refractivity contribution < 1.29 is 14.0 Å². The van der Waals surface area contributed by atoms with Crippen molar-refractivity contribution in [3.63, 3.8) is 0 Å². The molecule has 1 aromatic carbocycles. The van der Waals surface area contributed by atoms with E-state index < -0.39 is 6.04 Å². The molecule has 5 nitrogen and oxygen atoms in total. The molecule has 23 heavy (non-hydrogen) atoms. The Morgan fingerprint density at radius 3 is 2.65 bits per heavy atom. The Kier molecular flexibility index (Phi) is 3.94. The largest absolute Gasteiger partial charge is 0.459 e. The number of furan rings is 1. The molecule has 0 bridgehead atoms. The SMILES string of the molecule is Cc1cccc(N2CCN(C(=O)c3ccco3)C(C)C2=O)c1C. The van der Waals surface area contributed by atoms with Crippen LogP contribution < -0.4 is 4.90 Å². The summed E-state index contributed by atoms with van der Waals surface area (Å²) in [4.78, 5) is 28.6. The summed E-state index contributed by atoms with van der Waals surface area (Å²) < 4.78 is 5.16. The summed E-state index contributed by atoms with van der Waals surface area (Å²) in [6.07, 6.45) is 1.46. The molecule has 1 aliphatic rings. The molecule has 2 amide bonds. The van der Waals surface area contributed by atoms with Crippen LogP contribution in [0, 0.1) is 13.8 Å². The third kappa shape index (κ3) is 2.63. The second-order valence-electron chi connectivity index (χ2n) is 5.86. The van der Waals surface area contributed by atoms with Crippen LogP contribution in [0.1, 0.15) is 28.6 Å². The van der Waals surface area contributed by atoms with Crippen LogP contribution in [0.15, 0.2) is 41.0 Å². The molecule has 0 N–H and O–H groups in total. The van der Waals surface area contributed by atoms with Gasteiger partial charge in [-0.25, -0.2) is 0 Å². The van der Waals surface area contributed by atoms with Crippen molar-refractivity contribution in [1.29, 1.82) is 0 Å². The monoisotopic (exact) mass is 312 g/mol. The molecular weight excluding hydrogens is 292 g/mol. The topological polar surface area (TPSA) is 53.8 Å². The number of carbonyl (C=O) groups excluding carboxylic acids is 2. The second kappa shape index (κ2) is 5.91. The van der Waals surface area contributed by atoms with Gasteiger partial charge in [-0.1, -0.05) is 12.1 Å². The highest BCUT2D eigenvalue weighted by atomic mass is 16.3. The fourth-order valence-corrected chi connectivity index (χ4v) is 2.96. The third-order valence-corrected chi connectivity index (χ3v) is 4.52. The lowest BCUT2D eigenvalue weighted by Gasteiger charge is -2.39. The molecule has 1 atom stereocenters. The summed E-state index contributed by atoms with van der Waals surface area (Å²) >= 11 is 0. The van der Waals surface area contributed by atoms with Gasteiger partial charge in [0.25, 0.3) is 5.91 Å². The summed E-state index contributed by atoms with van der Waals surface area (Å²) in [5.41, 5.74) is 3.17. The first-order chi connectivity index (χ1) is 11.0. The molecule has 0 saturated carbocycles. The predicted octanol–water partition coefficient (Wildman–Crippen LogP) is 2.77. The van der Waals surface area contributed by atoms with E-state index >= 15 is 0 Å². The molecule has 1 fully saturated rings. The van der Waals surface area contributed by atoms with Crippen molar-refractivity contribution in [2.75, 3.05) is 18.0 Å². The van der Waals surface area contributed by atoms with Gasteiger partial charge in [0.2, 0.25) is 5.91 Å². The van der Waals surface area contributed by atoms with Crippen LogP contribution in [-0.2, 0) is 4.79 Å². The van der Waals surface area contributed by atoms with Crippen LogP contribution in [0.25, 0.3) is 0 Å². The zero-order valence-corrected chi connectivity index (χ0v) is 13.6. The highest BCUT2D eigenvalue weighted by molar-refractivity contribution is 6.03. The minimum atomic E-state index is -0.513. The quantitative estimate of drug-likeness (QED) is 0.857. The number of nitrogens with zero attached hydrogens (tertiary/aromatic N) is 2. The normalized spacial score (nSPS) is 18.4.